The molecule has 1 aromatic carbocycles. The first-order valence-electron chi connectivity index (χ1n) is 9.68. The van der Waals surface area contributed by atoms with Crippen molar-refractivity contribution in [3.63, 3.8) is 0 Å². The molecule has 0 bridgehead atoms. The minimum absolute atomic E-state index is 0.0552. The second-order valence-corrected chi connectivity index (χ2v) is 9.39. The van der Waals surface area contributed by atoms with Crippen LogP contribution in [0.5, 0.6) is 0 Å². The van der Waals surface area contributed by atoms with E-state index < -0.39 is 0 Å². The first-order valence-corrected chi connectivity index (χ1v) is 11.5. The number of anilines is 2. The van der Waals surface area contributed by atoms with Gasteiger partial charge in [-0.3, -0.25) is 9.59 Å². The number of nitrogens with zero attached hydrogens (tertiary/aromatic N) is 3. The van der Waals surface area contributed by atoms with Gasteiger partial charge in [-0.05, 0) is 44.4 Å². The highest BCUT2D eigenvalue weighted by atomic mass is 32.2. The number of likely N-dealkylation sites (N-methyl/N-ethyl adjacent to an activating group) is 1. The summed E-state index contributed by atoms with van der Waals surface area (Å²) in [5.74, 6) is 0.474. The molecule has 29 heavy (non-hydrogen) atoms. The van der Waals surface area contributed by atoms with E-state index in [2.05, 4.69) is 46.8 Å². The molecule has 2 N–H and O–H groups in total. The van der Waals surface area contributed by atoms with E-state index in [1.165, 1.54) is 28.7 Å². The lowest BCUT2D eigenvalue weighted by atomic mass is 10.0. The topological polar surface area (TPSA) is 87.2 Å². The summed E-state index contributed by atoms with van der Waals surface area (Å²) in [7, 11) is 0. The van der Waals surface area contributed by atoms with Gasteiger partial charge in [0.15, 0.2) is 4.34 Å². The Hall–Kier alpha value is -2.13. The number of hydrogen-bond donors (Lipinski definition) is 2. The number of carbonyl (C=O) groups is 2. The summed E-state index contributed by atoms with van der Waals surface area (Å²) < 4.78 is 0.710. The van der Waals surface area contributed by atoms with Gasteiger partial charge in [-0.25, -0.2) is 0 Å². The van der Waals surface area contributed by atoms with Gasteiger partial charge in [0.05, 0.1) is 12.3 Å². The first-order chi connectivity index (χ1) is 13.8. The molecule has 0 radical (unpaired) electrons. The molecule has 0 aliphatic carbocycles. The zero-order valence-corrected chi connectivity index (χ0v) is 19.2. The molecular weight excluding hydrogens is 406 g/mol. The highest BCUT2D eigenvalue weighted by Gasteiger charge is 2.17. The number of amides is 2. The Morgan fingerprint density at radius 2 is 1.83 bits per heavy atom. The molecule has 0 spiro atoms. The van der Waals surface area contributed by atoms with Gasteiger partial charge >= 0.3 is 0 Å². The van der Waals surface area contributed by atoms with Crippen LogP contribution < -0.4 is 10.6 Å². The minimum atomic E-state index is -0.147. The smallest absolute Gasteiger partial charge is 0.239 e. The molecule has 0 unspecified atom stereocenters. The summed E-state index contributed by atoms with van der Waals surface area (Å²) in [6.45, 7) is 10.5. The Labute approximate surface area is 180 Å². The lowest BCUT2D eigenvalue weighted by molar-refractivity contribution is -0.134. The molecule has 0 aliphatic heterocycles. The SMILES string of the molecule is CCN(CC(=O)NC(C)C)C(=O)CSc1nnc(Nc2ccc(C(C)C)cc2)s1. The Morgan fingerprint density at radius 3 is 2.41 bits per heavy atom. The van der Waals surface area contributed by atoms with Crippen molar-refractivity contribution in [2.45, 2.75) is 50.9 Å². The molecule has 2 amide bonds. The summed E-state index contributed by atoms with van der Waals surface area (Å²) in [6.07, 6.45) is 0. The molecular formula is C20H29N5O2S2. The summed E-state index contributed by atoms with van der Waals surface area (Å²) in [5, 5.41) is 15.0. The number of hydrogen-bond acceptors (Lipinski definition) is 7. The molecule has 0 aliphatic rings. The lowest BCUT2D eigenvalue weighted by Gasteiger charge is -2.20. The van der Waals surface area contributed by atoms with Crippen LogP contribution in [-0.2, 0) is 9.59 Å². The van der Waals surface area contributed by atoms with Gasteiger partial charge in [0, 0.05) is 18.3 Å². The Balaban J connectivity index is 1.85. The van der Waals surface area contributed by atoms with Gasteiger partial charge in [0.2, 0.25) is 16.9 Å². The third-order valence-electron chi connectivity index (χ3n) is 4.07. The fraction of sp³-hybridized carbons (Fsp3) is 0.500. The van der Waals surface area contributed by atoms with E-state index in [-0.39, 0.29) is 30.2 Å². The third kappa shape index (κ3) is 7.66. The molecule has 1 heterocycles. The lowest BCUT2D eigenvalue weighted by Crippen LogP contribution is -2.43. The van der Waals surface area contributed by atoms with Crippen LogP contribution in [0.25, 0.3) is 0 Å². The average molecular weight is 436 g/mol. The molecule has 1 aromatic heterocycles. The predicted molar refractivity (Wildman–Crippen MR) is 120 cm³/mol. The predicted octanol–water partition coefficient (Wildman–Crippen LogP) is 3.87. The Morgan fingerprint density at radius 1 is 1.14 bits per heavy atom. The number of carbonyl (C=O) groups excluding carboxylic acids is 2. The molecule has 0 saturated heterocycles. The van der Waals surface area contributed by atoms with Crippen LogP contribution in [0, 0.1) is 0 Å². The normalized spacial score (nSPS) is 11.0. The zero-order chi connectivity index (χ0) is 21.4. The van der Waals surface area contributed by atoms with Crippen LogP contribution in [0.3, 0.4) is 0 Å². The first kappa shape index (κ1) is 23.2. The molecule has 0 atom stereocenters. The van der Waals surface area contributed by atoms with Crippen LogP contribution in [-0.4, -0.2) is 51.8 Å². The van der Waals surface area contributed by atoms with Crippen molar-refractivity contribution in [2.75, 3.05) is 24.2 Å². The largest absolute Gasteiger partial charge is 0.352 e. The van der Waals surface area contributed by atoms with E-state index in [0.717, 1.165) is 5.69 Å². The molecule has 158 valence electrons. The number of nitrogens with one attached hydrogen (secondary N) is 2. The van der Waals surface area contributed by atoms with Crippen molar-refractivity contribution in [1.29, 1.82) is 0 Å². The molecule has 0 saturated carbocycles. The summed E-state index contributed by atoms with van der Waals surface area (Å²) in [5.41, 5.74) is 2.23. The van der Waals surface area contributed by atoms with Crippen molar-refractivity contribution >= 4 is 45.7 Å². The fourth-order valence-corrected chi connectivity index (χ4v) is 4.20. The van der Waals surface area contributed by atoms with Gasteiger partial charge < -0.3 is 15.5 Å². The monoisotopic (exact) mass is 435 g/mol. The Bertz CT molecular complexity index is 805. The summed E-state index contributed by atoms with van der Waals surface area (Å²) in [4.78, 5) is 25.9. The van der Waals surface area contributed by atoms with Gasteiger partial charge in [0.25, 0.3) is 0 Å². The quantitative estimate of drug-likeness (QED) is 0.551. The Kier molecular flexibility index (Phi) is 8.91. The van der Waals surface area contributed by atoms with E-state index >= 15 is 0 Å². The van der Waals surface area contributed by atoms with E-state index in [1.54, 1.807) is 4.90 Å². The fourth-order valence-electron chi connectivity index (χ4n) is 2.53. The highest BCUT2D eigenvalue weighted by molar-refractivity contribution is 8.01. The number of thioether (sulfide) groups is 1. The molecule has 7 nitrogen and oxygen atoms in total. The average Bonchev–Trinajstić information content (AvgIpc) is 3.11. The number of rotatable bonds is 10. The van der Waals surface area contributed by atoms with Crippen LogP contribution in [0.4, 0.5) is 10.8 Å². The van der Waals surface area contributed by atoms with Crippen molar-refractivity contribution in [1.82, 2.24) is 20.4 Å². The van der Waals surface area contributed by atoms with Crippen molar-refractivity contribution in [3.8, 4) is 0 Å². The standard InChI is InChI=1S/C20H29N5O2S2/c1-6-25(11-17(26)21-14(4)5)18(27)12-28-20-24-23-19(29-20)22-16-9-7-15(8-10-16)13(2)3/h7-10,13-14H,6,11-12H2,1-5H3,(H,21,26)(H,22,23). The maximum Gasteiger partial charge on any atom is 0.239 e. The third-order valence-corrected chi connectivity index (χ3v) is 6.03. The second kappa shape index (κ2) is 11.2. The number of benzene rings is 1. The van der Waals surface area contributed by atoms with E-state index in [0.29, 0.717) is 21.9 Å². The molecule has 9 heteroatoms. The van der Waals surface area contributed by atoms with Gasteiger partial charge in [-0.2, -0.15) is 0 Å². The summed E-state index contributed by atoms with van der Waals surface area (Å²) >= 11 is 2.73. The molecule has 2 rings (SSSR count). The van der Waals surface area contributed by atoms with Gasteiger partial charge in [-0.1, -0.05) is 49.1 Å². The van der Waals surface area contributed by atoms with Crippen molar-refractivity contribution in [3.05, 3.63) is 29.8 Å². The van der Waals surface area contributed by atoms with Gasteiger partial charge in [0.1, 0.15) is 0 Å². The maximum atomic E-state index is 12.4. The van der Waals surface area contributed by atoms with Crippen LogP contribution >= 0.6 is 23.1 Å². The van der Waals surface area contributed by atoms with Crippen molar-refractivity contribution in [2.24, 2.45) is 0 Å². The van der Waals surface area contributed by atoms with Gasteiger partial charge in [-0.15, -0.1) is 10.2 Å². The minimum Gasteiger partial charge on any atom is -0.352 e. The van der Waals surface area contributed by atoms with Crippen LogP contribution in [0.2, 0.25) is 0 Å². The van der Waals surface area contributed by atoms with Crippen LogP contribution in [0.1, 0.15) is 46.1 Å². The zero-order valence-electron chi connectivity index (χ0n) is 17.6. The highest BCUT2D eigenvalue weighted by Crippen LogP contribution is 2.28. The summed E-state index contributed by atoms with van der Waals surface area (Å²) in [6, 6.07) is 8.29. The second-order valence-electron chi connectivity index (χ2n) is 7.19. The van der Waals surface area contributed by atoms with E-state index in [9.17, 15) is 9.59 Å². The van der Waals surface area contributed by atoms with E-state index in [4.69, 9.17) is 0 Å². The van der Waals surface area contributed by atoms with Crippen LogP contribution in [0.15, 0.2) is 28.6 Å². The van der Waals surface area contributed by atoms with E-state index in [1.807, 2.05) is 32.9 Å². The molecule has 0 fully saturated rings. The number of aromatic nitrogens is 2. The molecule has 2 aromatic rings. The maximum absolute atomic E-state index is 12.4. The van der Waals surface area contributed by atoms with Crippen molar-refractivity contribution < 1.29 is 9.59 Å².